The fourth-order valence-electron chi connectivity index (χ4n) is 0. The first-order valence-electron chi connectivity index (χ1n) is 1.56. The van der Waals surface area contributed by atoms with Crippen molar-refractivity contribution in [2.45, 2.75) is 6.92 Å². The molecule has 0 aromatic carbocycles. The molecular weight excluding hydrogens is 78.0 g/mol. The van der Waals surface area contributed by atoms with Crippen LogP contribution in [-0.2, 0) is 4.79 Å². The van der Waals surface area contributed by atoms with E-state index in [1.54, 1.807) is 0 Å². The minimum atomic E-state index is -0.685. The predicted molar refractivity (Wildman–Crippen MR) is 22.9 cm³/mol. The molecule has 0 saturated heterocycles. The number of carbonyl (C=O) groups is 1. The average molecular weight is 84.1 g/mol. The molecule has 0 unspecified atom stereocenters. The van der Waals surface area contributed by atoms with Gasteiger partial charge in [-0.2, -0.15) is 0 Å². The number of carbonyl (C=O) groups excluding carboxylic acids is 1. The lowest BCUT2D eigenvalue weighted by Crippen LogP contribution is -1.95. The van der Waals surface area contributed by atoms with E-state index in [-0.39, 0.29) is 5.57 Å². The first-order chi connectivity index (χ1) is 2.64. The lowest BCUT2D eigenvalue weighted by Gasteiger charge is -1.79. The average Bonchev–Trinajstić information content (AvgIpc) is 1.36. The second kappa shape index (κ2) is 1.60. The van der Waals surface area contributed by atoms with Crippen LogP contribution in [0.2, 0.25) is 0 Å². The summed E-state index contributed by atoms with van der Waals surface area (Å²) in [7, 11) is 0. The highest BCUT2D eigenvalue weighted by molar-refractivity contribution is 5.89. The van der Waals surface area contributed by atoms with Crippen molar-refractivity contribution in [2.24, 2.45) is 0 Å². The molecular formula is C4H6NO. The molecule has 0 aromatic rings. The van der Waals surface area contributed by atoms with Crippen LogP contribution in [0.4, 0.5) is 0 Å². The van der Waals surface area contributed by atoms with Crippen molar-refractivity contribution >= 4 is 5.91 Å². The molecule has 33 valence electrons. The van der Waals surface area contributed by atoms with Gasteiger partial charge in [-0.3, -0.25) is 10.5 Å². The van der Waals surface area contributed by atoms with Gasteiger partial charge in [0.15, 0.2) is 0 Å². The lowest BCUT2D eigenvalue weighted by atomic mass is 10.3. The summed E-state index contributed by atoms with van der Waals surface area (Å²) in [5.41, 5.74) is 6.58. The van der Waals surface area contributed by atoms with E-state index in [0.29, 0.717) is 0 Å². The summed E-state index contributed by atoms with van der Waals surface area (Å²) in [6, 6.07) is 0. The SMILES string of the molecule is C=C(C)C([NH])=O. The van der Waals surface area contributed by atoms with E-state index >= 15 is 0 Å². The Bertz CT molecular complexity index is 73.5. The summed E-state index contributed by atoms with van der Waals surface area (Å²) in [5.74, 6) is -0.685. The van der Waals surface area contributed by atoms with Crippen molar-refractivity contribution in [3.05, 3.63) is 12.2 Å². The van der Waals surface area contributed by atoms with E-state index in [2.05, 4.69) is 6.58 Å². The maximum Gasteiger partial charge on any atom is 0.264 e. The first-order valence-corrected chi connectivity index (χ1v) is 1.56. The van der Waals surface area contributed by atoms with Crippen LogP contribution in [0.15, 0.2) is 12.2 Å². The topological polar surface area (TPSA) is 40.9 Å². The van der Waals surface area contributed by atoms with Gasteiger partial charge >= 0.3 is 0 Å². The zero-order chi connectivity index (χ0) is 5.15. The molecule has 1 N–H and O–H groups in total. The van der Waals surface area contributed by atoms with Crippen molar-refractivity contribution in [3.63, 3.8) is 0 Å². The quantitative estimate of drug-likeness (QED) is 0.423. The van der Waals surface area contributed by atoms with E-state index in [1.807, 2.05) is 0 Å². The molecule has 0 heterocycles. The Hall–Kier alpha value is -0.790. The molecule has 0 atom stereocenters. The molecule has 1 amide bonds. The third-order valence-corrected chi connectivity index (χ3v) is 0.388. The molecule has 6 heavy (non-hydrogen) atoms. The second-order valence-electron chi connectivity index (χ2n) is 1.11. The van der Waals surface area contributed by atoms with Crippen LogP contribution in [0.3, 0.4) is 0 Å². The predicted octanol–water partition coefficient (Wildman–Crippen LogP) is 0.372. The highest BCUT2D eigenvalue weighted by atomic mass is 16.1. The summed E-state index contributed by atoms with van der Waals surface area (Å²) in [6.45, 7) is 4.73. The van der Waals surface area contributed by atoms with Crippen molar-refractivity contribution < 1.29 is 4.79 Å². The minimum absolute atomic E-state index is 0.287. The van der Waals surface area contributed by atoms with Gasteiger partial charge < -0.3 is 0 Å². The van der Waals surface area contributed by atoms with E-state index in [1.165, 1.54) is 6.92 Å². The monoisotopic (exact) mass is 84.0 g/mol. The zero-order valence-electron chi connectivity index (χ0n) is 3.62. The number of amides is 1. The maximum absolute atomic E-state index is 9.71. The molecule has 0 spiro atoms. The number of rotatable bonds is 1. The van der Waals surface area contributed by atoms with Gasteiger partial charge in [0, 0.05) is 5.57 Å². The molecule has 0 bridgehead atoms. The van der Waals surface area contributed by atoms with Crippen LogP contribution in [0.1, 0.15) is 6.92 Å². The summed E-state index contributed by atoms with van der Waals surface area (Å²) in [6.07, 6.45) is 0. The highest BCUT2D eigenvalue weighted by Crippen LogP contribution is 1.80. The molecule has 0 aliphatic rings. The van der Waals surface area contributed by atoms with Gasteiger partial charge in [0.05, 0.1) is 0 Å². The van der Waals surface area contributed by atoms with Crippen LogP contribution >= 0.6 is 0 Å². The molecule has 0 aliphatic heterocycles. The molecule has 0 rings (SSSR count). The van der Waals surface area contributed by atoms with Crippen molar-refractivity contribution in [3.8, 4) is 0 Å². The van der Waals surface area contributed by atoms with Crippen LogP contribution in [0, 0.1) is 0 Å². The van der Waals surface area contributed by atoms with Gasteiger partial charge in [-0.25, -0.2) is 0 Å². The van der Waals surface area contributed by atoms with E-state index in [0.717, 1.165) is 0 Å². The number of nitrogens with one attached hydrogen (secondary N) is 1. The van der Waals surface area contributed by atoms with Crippen molar-refractivity contribution in [2.75, 3.05) is 0 Å². The summed E-state index contributed by atoms with van der Waals surface area (Å²) >= 11 is 0. The van der Waals surface area contributed by atoms with Crippen LogP contribution in [0.25, 0.3) is 0 Å². The smallest absolute Gasteiger partial charge is 0.264 e. The summed E-state index contributed by atoms with van der Waals surface area (Å²) in [5, 5.41) is 0. The fraction of sp³-hybridized carbons (Fsp3) is 0.250. The molecule has 0 fully saturated rings. The zero-order valence-corrected chi connectivity index (χ0v) is 3.62. The Morgan fingerprint density at radius 2 is 2.00 bits per heavy atom. The Morgan fingerprint density at radius 1 is 1.83 bits per heavy atom. The third kappa shape index (κ3) is 1.52. The summed E-state index contributed by atoms with van der Waals surface area (Å²) in [4.78, 5) is 9.71. The molecule has 2 nitrogen and oxygen atoms in total. The normalized spacial score (nSPS) is 7.50. The van der Waals surface area contributed by atoms with Crippen LogP contribution < -0.4 is 5.73 Å². The first kappa shape index (κ1) is 5.21. The van der Waals surface area contributed by atoms with Crippen molar-refractivity contribution in [1.29, 1.82) is 0 Å². The van der Waals surface area contributed by atoms with E-state index < -0.39 is 5.91 Å². The second-order valence-corrected chi connectivity index (χ2v) is 1.11. The molecule has 0 saturated carbocycles. The van der Waals surface area contributed by atoms with Gasteiger partial charge in [0.25, 0.3) is 5.91 Å². The maximum atomic E-state index is 9.71. The number of hydrogen-bond acceptors (Lipinski definition) is 1. The minimum Gasteiger partial charge on any atom is -0.268 e. The molecule has 0 aromatic heterocycles. The lowest BCUT2D eigenvalue weighted by molar-refractivity contribution is -0.115. The largest absolute Gasteiger partial charge is 0.268 e. The molecule has 1 radical (unpaired) electrons. The number of hydrogen-bond donors (Lipinski definition) is 0. The highest BCUT2D eigenvalue weighted by Gasteiger charge is 1.88. The Kier molecular flexibility index (Phi) is 1.39. The standard InChI is InChI=1S/C4H6NO/c1-3(2)4(5)6/h5H,1H2,2H3. The van der Waals surface area contributed by atoms with Gasteiger partial charge in [0.2, 0.25) is 0 Å². The summed E-state index contributed by atoms with van der Waals surface area (Å²) < 4.78 is 0. The van der Waals surface area contributed by atoms with Gasteiger partial charge in [-0.15, -0.1) is 0 Å². The van der Waals surface area contributed by atoms with Gasteiger partial charge in [-0.05, 0) is 6.92 Å². The molecule has 0 aliphatic carbocycles. The van der Waals surface area contributed by atoms with E-state index in [4.69, 9.17) is 5.73 Å². The third-order valence-electron chi connectivity index (χ3n) is 0.388. The van der Waals surface area contributed by atoms with E-state index in [9.17, 15) is 4.79 Å². The van der Waals surface area contributed by atoms with Crippen molar-refractivity contribution in [1.82, 2.24) is 5.73 Å². The Morgan fingerprint density at radius 3 is 2.00 bits per heavy atom. The Balaban J connectivity index is 3.57. The van der Waals surface area contributed by atoms with Gasteiger partial charge in [-0.1, -0.05) is 6.58 Å². The fourth-order valence-corrected chi connectivity index (χ4v) is 0. The van der Waals surface area contributed by atoms with Crippen LogP contribution in [-0.4, -0.2) is 5.91 Å². The van der Waals surface area contributed by atoms with Crippen LogP contribution in [0.5, 0.6) is 0 Å². The molecule has 2 heteroatoms. The van der Waals surface area contributed by atoms with Gasteiger partial charge in [0.1, 0.15) is 0 Å². The Labute approximate surface area is 36.6 Å².